The second-order valence-corrected chi connectivity index (χ2v) is 9.42. The van der Waals surface area contributed by atoms with Crippen molar-refractivity contribution >= 4 is 18.0 Å². The third-order valence-electron chi connectivity index (χ3n) is 6.20. The molecule has 0 spiro atoms. The predicted molar refractivity (Wildman–Crippen MR) is 130 cm³/mol. The molecular weight excluding hydrogens is 414 g/mol. The monoisotopic (exact) mass is 445 g/mol. The first kappa shape index (κ1) is 22.8. The lowest BCUT2D eigenvalue weighted by atomic mass is 9.80. The van der Waals surface area contributed by atoms with Crippen LogP contribution in [0.3, 0.4) is 0 Å². The van der Waals surface area contributed by atoms with Crippen LogP contribution in [-0.4, -0.2) is 34.5 Å². The highest BCUT2D eigenvalue weighted by molar-refractivity contribution is 5.86. The van der Waals surface area contributed by atoms with Crippen LogP contribution in [-0.2, 0) is 10.3 Å². The second-order valence-electron chi connectivity index (χ2n) is 9.42. The lowest BCUT2D eigenvalue weighted by molar-refractivity contribution is -0.101. The molecule has 2 aromatic carbocycles. The lowest BCUT2D eigenvalue weighted by Crippen LogP contribution is -2.51. The molecule has 2 atom stereocenters. The summed E-state index contributed by atoms with van der Waals surface area (Å²) in [6.07, 6.45) is 4.10. The van der Waals surface area contributed by atoms with Crippen LogP contribution in [0.1, 0.15) is 56.3 Å². The largest absolute Gasteiger partial charge is 0.438 e. The van der Waals surface area contributed by atoms with Crippen LogP contribution in [0, 0.1) is 0 Å². The summed E-state index contributed by atoms with van der Waals surface area (Å²) in [7, 11) is 0. The number of aliphatic imine (C=N–C) groups is 1. The van der Waals surface area contributed by atoms with Crippen LogP contribution in [0.25, 0.3) is 5.70 Å². The maximum atomic E-state index is 13.2. The van der Waals surface area contributed by atoms with Gasteiger partial charge in [0.05, 0.1) is 23.6 Å². The molecule has 1 saturated heterocycles. The zero-order valence-corrected chi connectivity index (χ0v) is 19.4. The first-order valence-electron chi connectivity index (χ1n) is 11.2. The molecule has 2 aliphatic rings. The van der Waals surface area contributed by atoms with Gasteiger partial charge in [0.2, 0.25) is 0 Å². The third kappa shape index (κ3) is 5.01. The number of benzene rings is 2. The molecular formula is C27H31N3O3. The highest BCUT2D eigenvalue weighted by Gasteiger charge is 2.46. The van der Waals surface area contributed by atoms with Crippen molar-refractivity contribution in [1.82, 2.24) is 10.2 Å². The summed E-state index contributed by atoms with van der Waals surface area (Å²) in [5, 5.41) is 13.6. The van der Waals surface area contributed by atoms with E-state index in [1.807, 2.05) is 67.7 Å². The summed E-state index contributed by atoms with van der Waals surface area (Å²) in [5.41, 5.74) is 2.67. The number of nitrogens with one attached hydrogen (secondary N) is 1. The van der Waals surface area contributed by atoms with Gasteiger partial charge in [-0.15, -0.1) is 0 Å². The summed E-state index contributed by atoms with van der Waals surface area (Å²) >= 11 is 0. The first-order valence-corrected chi connectivity index (χ1v) is 11.2. The van der Waals surface area contributed by atoms with E-state index >= 15 is 0 Å². The molecule has 1 amide bonds. The molecule has 0 radical (unpaired) electrons. The van der Waals surface area contributed by atoms with Crippen molar-refractivity contribution < 1.29 is 14.6 Å². The summed E-state index contributed by atoms with van der Waals surface area (Å²) in [4.78, 5) is 19.4. The minimum absolute atomic E-state index is 0.149. The SMILES string of the molecule is C=C1C=NC(c2ccc([C@H](C)N3CC[C@](CC(C)(C)O)(c4ccccc4)OC3=O)cc2)=CN1. The number of nitrogens with zero attached hydrogens (tertiary/aromatic N) is 2. The lowest BCUT2D eigenvalue weighted by Gasteiger charge is -2.45. The molecule has 2 aromatic rings. The van der Waals surface area contributed by atoms with E-state index in [-0.39, 0.29) is 12.1 Å². The average Bonchev–Trinajstić information content (AvgIpc) is 2.79. The van der Waals surface area contributed by atoms with E-state index in [1.165, 1.54) is 0 Å². The standard InChI is InChI=1S/C27H31N3O3/c1-19-16-29-24(17-28-19)22-12-10-21(11-13-22)20(2)30-15-14-27(33-25(30)31,18-26(3,4)32)23-8-6-5-7-9-23/h5-13,16-17,20,28,32H,1,14-15,18H2,2-4H3/t20-,27-/m0/s1. The maximum Gasteiger partial charge on any atom is 0.411 e. The van der Waals surface area contributed by atoms with Gasteiger partial charge in [-0.2, -0.15) is 0 Å². The Morgan fingerprint density at radius 1 is 1.21 bits per heavy atom. The number of cyclic esters (lactones) is 1. The van der Waals surface area contributed by atoms with E-state index in [2.05, 4.69) is 16.9 Å². The molecule has 172 valence electrons. The minimum Gasteiger partial charge on any atom is -0.438 e. The van der Waals surface area contributed by atoms with Crippen molar-refractivity contribution in [2.45, 2.75) is 50.9 Å². The number of hydrogen-bond acceptors (Lipinski definition) is 5. The van der Waals surface area contributed by atoms with Gasteiger partial charge >= 0.3 is 6.09 Å². The van der Waals surface area contributed by atoms with Crippen LogP contribution in [0.5, 0.6) is 0 Å². The normalized spacial score (nSPS) is 21.8. The van der Waals surface area contributed by atoms with E-state index in [1.54, 1.807) is 25.0 Å². The molecule has 0 bridgehead atoms. The van der Waals surface area contributed by atoms with Gasteiger partial charge < -0.3 is 20.1 Å². The maximum absolute atomic E-state index is 13.2. The Balaban J connectivity index is 1.51. The summed E-state index contributed by atoms with van der Waals surface area (Å²) in [5.74, 6) is 0. The van der Waals surface area contributed by atoms with E-state index < -0.39 is 11.2 Å². The summed E-state index contributed by atoms with van der Waals surface area (Å²) in [6.45, 7) is 9.86. The fourth-order valence-electron chi connectivity index (χ4n) is 4.54. The van der Waals surface area contributed by atoms with Crippen molar-refractivity contribution in [3.05, 3.63) is 89.8 Å². The predicted octanol–water partition coefficient (Wildman–Crippen LogP) is 5.13. The van der Waals surface area contributed by atoms with Gasteiger partial charge in [-0.3, -0.25) is 4.99 Å². The van der Waals surface area contributed by atoms with Gasteiger partial charge in [-0.1, -0.05) is 61.2 Å². The summed E-state index contributed by atoms with van der Waals surface area (Å²) in [6, 6.07) is 17.6. The molecule has 0 saturated carbocycles. The molecule has 0 unspecified atom stereocenters. The summed E-state index contributed by atoms with van der Waals surface area (Å²) < 4.78 is 6.10. The van der Waals surface area contributed by atoms with Crippen LogP contribution in [0.15, 0.2) is 78.1 Å². The minimum atomic E-state index is -0.975. The Kier molecular flexibility index (Phi) is 6.13. The molecule has 33 heavy (non-hydrogen) atoms. The van der Waals surface area contributed by atoms with E-state index in [4.69, 9.17) is 4.74 Å². The first-order chi connectivity index (χ1) is 15.7. The average molecular weight is 446 g/mol. The van der Waals surface area contributed by atoms with Crippen LogP contribution >= 0.6 is 0 Å². The molecule has 2 heterocycles. The number of carbonyl (C=O) groups is 1. The van der Waals surface area contributed by atoms with E-state index in [0.717, 1.165) is 28.1 Å². The Morgan fingerprint density at radius 2 is 1.91 bits per heavy atom. The fourth-order valence-corrected chi connectivity index (χ4v) is 4.54. The number of aliphatic hydroxyl groups is 1. The zero-order chi connectivity index (χ0) is 23.6. The van der Waals surface area contributed by atoms with Crippen molar-refractivity contribution in [2.75, 3.05) is 6.54 Å². The van der Waals surface area contributed by atoms with Crippen LogP contribution in [0.2, 0.25) is 0 Å². The molecule has 2 aliphatic heterocycles. The van der Waals surface area contributed by atoms with Crippen molar-refractivity contribution in [3.63, 3.8) is 0 Å². The number of amides is 1. The molecule has 6 heteroatoms. The smallest absolute Gasteiger partial charge is 0.411 e. The van der Waals surface area contributed by atoms with Gasteiger partial charge in [0.25, 0.3) is 0 Å². The molecule has 1 fully saturated rings. The highest BCUT2D eigenvalue weighted by Crippen LogP contribution is 2.42. The van der Waals surface area contributed by atoms with Gasteiger partial charge in [-0.05, 0) is 31.9 Å². The molecule has 0 aliphatic carbocycles. The van der Waals surface area contributed by atoms with Gasteiger partial charge in [0, 0.05) is 36.8 Å². The van der Waals surface area contributed by atoms with Crippen LogP contribution < -0.4 is 5.32 Å². The Labute approximate surface area is 195 Å². The number of hydrogen-bond donors (Lipinski definition) is 2. The third-order valence-corrected chi connectivity index (χ3v) is 6.20. The number of carbonyl (C=O) groups excluding carboxylic acids is 1. The Bertz CT molecular complexity index is 1080. The van der Waals surface area contributed by atoms with Gasteiger partial charge in [0.15, 0.2) is 0 Å². The Morgan fingerprint density at radius 3 is 2.48 bits per heavy atom. The van der Waals surface area contributed by atoms with E-state index in [0.29, 0.717) is 19.4 Å². The van der Waals surface area contributed by atoms with Gasteiger partial charge in [0.1, 0.15) is 5.60 Å². The molecule has 4 rings (SSSR count). The fraction of sp³-hybridized carbons (Fsp3) is 0.333. The van der Waals surface area contributed by atoms with Crippen molar-refractivity contribution in [1.29, 1.82) is 0 Å². The quantitative estimate of drug-likeness (QED) is 0.646. The van der Waals surface area contributed by atoms with Crippen molar-refractivity contribution in [2.24, 2.45) is 4.99 Å². The van der Waals surface area contributed by atoms with Crippen molar-refractivity contribution in [3.8, 4) is 0 Å². The second kappa shape index (κ2) is 8.87. The van der Waals surface area contributed by atoms with E-state index in [9.17, 15) is 9.90 Å². The molecule has 0 aromatic heterocycles. The topological polar surface area (TPSA) is 74.2 Å². The highest BCUT2D eigenvalue weighted by atomic mass is 16.6. The van der Waals surface area contributed by atoms with Crippen LogP contribution in [0.4, 0.5) is 4.79 Å². The molecule has 6 nitrogen and oxygen atoms in total. The number of ether oxygens (including phenoxy) is 1. The molecule has 2 N–H and O–H groups in total. The Hall–Kier alpha value is -3.38. The number of allylic oxidation sites excluding steroid dienone is 1. The zero-order valence-electron chi connectivity index (χ0n) is 19.4. The number of rotatable bonds is 6. The van der Waals surface area contributed by atoms with Gasteiger partial charge in [-0.25, -0.2) is 4.79 Å².